The second kappa shape index (κ2) is 7.89. The first-order valence-corrected chi connectivity index (χ1v) is 9.90. The van der Waals surface area contributed by atoms with E-state index in [1.54, 1.807) is 0 Å². The number of rotatable bonds is 6. The van der Waals surface area contributed by atoms with Gasteiger partial charge >= 0.3 is 0 Å². The smallest absolute Gasteiger partial charge is 0.284 e. The Labute approximate surface area is 161 Å². The van der Waals surface area contributed by atoms with Crippen molar-refractivity contribution in [3.63, 3.8) is 0 Å². The van der Waals surface area contributed by atoms with Crippen molar-refractivity contribution < 1.29 is 9.21 Å². The zero-order valence-electron chi connectivity index (χ0n) is 17.0. The molecular weight excluding hydrogens is 340 g/mol. The molecule has 0 saturated carbocycles. The van der Waals surface area contributed by atoms with E-state index in [0.29, 0.717) is 6.04 Å². The Bertz CT molecular complexity index is 784. The Morgan fingerprint density at radius 3 is 2.78 bits per heavy atom. The minimum atomic E-state index is -0.502. The topological polar surface area (TPSA) is 77.3 Å². The van der Waals surface area contributed by atoms with Gasteiger partial charge in [0.2, 0.25) is 0 Å². The minimum Gasteiger partial charge on any atom is -0.455 e. The van der Waals surface area contributed by atoms with E-state index in [-0.39, 0.29) is 11.2 Å². The summed E-state index contributed by atoms with van der Waals surface area (Å²) in [6.45, 7) is 11.2. The zero-order chi connectivity index (χ0) is 19.6. The van der Waals surface area contributed by atoms with Crippen LogP contribution in [-0.4, -0.2) is 32.9 Å². The number of carbonyl (C=O) groups excluding carboxylic acids is 1. The monoisotopic (exact) mass is 372 g/mol. The first-order valence-electron chi connectivity index (χ1n) is 9.90. The van der Waals surface area contributed by atoms with Gasteiger partial charge in [0.25, 0.3) is 5.91 Å². The van der Waals surface area contributed by atoms with Crippen LogP contribution >= 0.6 is 0 Å². The molecule has 3 rings (SSSR count). The first kappa shape index (κ1) is 19.7. The van der Waals surface area contributed by atoms with Gasteiger partial charge in [0.15, 0.2) is 5.76 Å². The highest BCUT2D eigenvalue weighted by molar-refractivity contribution is 5.90. The fourth-order valence-electron chi connectivity index (χ4n) is 4.04. The SMILES string of the molecule is Cc1nccn1CC[C@H]1CCCCN1Cc1cc(C(N)=O)oc1C(C)(C)C. The van der Waals surface area contributed by atoms with E-state index in [1.165, 1.54) is 19.3 Å². The first-order chi connectivity index (χ1) is 12.8. The number of hydrogen-bond acceptors (Lipinski definition) is 4. The van der Waals surface area contributed by atoms with Crippen LogP contribution in [0, 0.1) is 6.92 Å². The second-order valence-corrected chi connectivity index (χ2v) is 8.66. The number of amides is 1. The third-order valence-electron chi connectivity index (χ3n) is 5.48. The largest absolute Gasteiger partial charge is 0.455 e. The van der Waals surface area contributed by atoms with E-state index in [4.69, 9.17) is 10.2 Å². The van der Waals surface area contributed by atoms with Crippen molar-refractivity contribution in [2.24, 2.45) is 5.73 Å². The predicted molar refractivity (Wildman–Crippen MR) is 106 cm³/mol. The molecule has 6 nitrogen and oxygen atoms in total. The molecule has 0 aromatic carbocycles. The summed E-state index contributed by atoms with van der Waals surface area (Å²) in [7, 11) is 0. The summed E-state index contributed by atoms with van der Waals surface area (Å²) in [6.07, 6.45) is 8.71. The average Bonchev–Trinajstić information content (AvgIpc) is 3.20. The van der Waals surface area contributed by atoms with Gasteiger partial charge in [0, 0.05) is 42.5 Å². The highest BCUT2D eigenvalue weighted by Crippen LogP contribution is 2.32. The number of furan rings is 1. The van der Waals surface area contributed by atoms with Crippen molar-refractivity contribution in [1.29, 1.82) is 0 Å². The molecule has 2 N–H and O–H groups in total. The predicted octanol–water partition coefficient (Wildman–Crippen LogP) is 3.63. The number of aryl methyl sites for hydroxylation is 2. The number of piperidine rings is 1. The third-order valence-corrected chi connectivity index (χ3v) is 5.48. The molecule has 6 heteroatoms. The molecule has 3 heterocycles. The van der Waals surface area contributed by atoms with Gasteiger partial charge in [-0.15, -0.1) is 0 Å². The van der Waals surface area contributed by atoms with Crippen LogP contribution in [-0.2, 0) is 18.5 Å². The second-order valence-electron chi connectivity index (χ2n) is 8.66. The maximum Gasteiger partial charge on any atom is 0.284 e. The number of aromatic nitrogens is 2. The van der Waals surface area contributed by atoms with E-state index >= 15 is 0 Å². The third kappa shape index (κ3) is 4.61. The molecule has 0 spiro atoms. The van der Waals surface area contributed by atoms with Crippen LogP contribution in [0.5, 0.6) is 0 Å². The summed E-state index contributed by atoms with van der Waals surface area (Å²) in [4.78, 5) is 18.5. The maximum absolute atomic E-state index is 11.6. The molecular formula is C21H32N4O2. The fraction of sp³-hybridized carbons (Fsp3) is 0.619. The van der Waals surface area contributed by atoms with E-state index in [0.717, 1.165) is 43.2 Å². The lowest BCUT2D eigenvalue weighted by molar-refractivity contribution is 0.0970. The Balaban J connectivity index is 1.76. The molecule has 2 aromatic heterocycles. The molecule has 0 radical (unpaired) electrons. The van der Waals surface area contributed by atoms with Crippen LogP contribution in [0.3, 0.4) is 0 Å². The molecule has 1 aliphatic rings. The summed E-state index contributed by atoms with van der Waals surface area (Å²) in [6, 6.07) is 2.37. The molecule has 1 saturated heterocycles. The quantitative estimate of drug-likeness (QED) is 0.840. The van der Waals surface area contributed by atoms with Gasteiger partial charge in [-0.2, -0.15) is 0 Å². The maximum atomic E-state index is 11.6. The Morgan fingerprint density at radius 2 is 2.15 bits per heavy atom. The van der Waals surface area contributed by atoms with Gasteiger partial charge in [-0.3, -0.25) is 9.69 Å². The van der Waals surface area contributed by atoms with Crippen LogP contribution in [0.1, 0.15) is 74.2 Å². The van der Waals surface area contributed by atoms with Crippen LogP contribution in [0.15, 0.2) is 22.9 Å². The van der Waals surface area contributed by atoms with Crippen LogP contribution in [0.25, 0.3) is 0 Å². The van der Waals surface area contributed by atoms with Crippen molar-refractivity contribution in [2.75, 3.05) is 6.54 Å². The number of likely N-dealkylation sites (tertiary alicyclic amines) is 1. The lowest BCUT2D eigenvalue weighted by atomic mass is 9.89. The van der Waals surface area contributed by atoms with E-state index in [1.807, 2.05) is 19.2 Å². The molecule has 1 atom stereocenters. The van der Waals surface area contributed by atoms with Crippen molar-refractivity contribution in [3.05, 3.63) is 41.4 Å². The van der Waals surface area contributed by atoms with Gasteiger partial charge < -0.3 is 14.7 Å². The highest BCUT2D eigenvalue weighted by Gasteiger charge is 2.29. The van der Waals surface area contributed by atoms with Gasteiger partial charge in [-0.05, 0) is 38.8 Å². The molecule has 1 amide bonds. The van der Waals surface area contributed by atoms with Crippen molar-refractivity contribution in [2.45, 2.75) is 77.9 Å². The van der Waals surface area contributed by atoms with Crippen molar-refractivity contribution >= 4 is 5.91 Å². The molecule has 2 aromatic rings. The van der Waals surface area contributed by atoms with Crippen molar-refractivity contribution in [3.8, 4) is 0 Å². The fourth-order valence-corrected chi connectivity index (χ4v) is 4.04. The van der Waals surface area contributed by atoms with E-state index < -0.39 is 5.91 Å². The molecule has 1 fully saturated rings. The van der Waals surface area contributed by atoms with Crippen LogP contribution < -0.4 is 5.73 Å². The van der Waals surface area contributed by atoms with Crippen LogP contribution in [0.4, 0.5) is 0 Å². The Hall–Kier alpha value is -2.08. The number of hydrogen-bond donors (Lipinski definition) is 1. The van der Waals surface area contributed by atoms with Crippen molar-refractivity contribution in [1.82, 2.24) is 14.5 Å². The number of imidazole rings is 1. The molecule has 148 valence electrons. The Kier molecular flexibility index (Phi) is 5.75. The summed E-state index contributed by atoms with van der Waals surface area (Å²) in [5.74, 6) is 1.69. The van der Waals surface area contributed by atoms with Gasteiger partial charge in [-0.1, -0.05) is 27.2 Å². The summed E-state index contributed by atoms with van der Waals surface area (Å²) < 4.78 is 8.06. The number of primary amides is 1. The lowest BCUT2D eigenvalue weighted by Gasteiger charge is -2.36. The lowest BCUT2D eigenvalue weighted by Crippen LogP contribution is -2.39. The van der Waals surface area contributed by atoms with Gasteiger partial charge in [-0.25, -0.2) is 4.98 Å². The molecule has 0 aliphatic carbocycles. The van der Waals surface area contributed by atoms with Gasteiger partial charge in [0.1, 0.15) is 11.6 Å². The molecule has 0 unspecified atom stereocenters. The normalized spacial score (nSPS) is 18.7. The minimum absolute atomic E-state index is 0.164. The zero-order valence-corrected chi connectivity index (χ0v) is 17.0. The average molecular weight is 373 g/mol. The summed E-state index contributed by atoms with van der Waals surface area (Å²) in [5.41, 5.74) is 6.38. The number of nitrogens with two attached hydrogens (primary N) is 1. The summed E-state index contributed by atoms with van der Waals surface area (Å²) >= 11 is 0. The number of carbonyl (C=O) groups is 1. The van der Waals surface area contributed by atoms with Gasteiger partial charge in [0.05, 0.1) is 0 Å². The Morgan fingerprint density at radius 1 is 1.37 bits per heavy atom. The highest BCUT2D eigenvalue weighted by atomic mass is 16.4. The molecule has 0 bridgehead atoms. The molecule has 27 heavy (non-hydrogen) atoms. The summed E-state index contributed by atoms with van der Waals surface area (Å²) in [5, 5.41) is 0. The molecule has 1 aliphatic heterocycles. The van der Waals surface area contributed by atoms with E-state index in [9.17, 15) is 4.79 Å². The van der Waals surface area contributed by atoms with E-state index in [2.05, 4.69) is 41.4 Å². The number of nitrogens with zero attached hydrogens (tertiary/aromatic N) is 3. The standard InChI is InChI=1S/C21H32N4O2/c1-15-23-9-12-24(15)11-8-17-7-5-6-10-25(17)14-16-13-18(20(22)26)27-19(16)21(2,3)4/h9,12-13,17H,5-8,10-11,14H2,1-4H3,(H2,22,26)/t17-/m1/s1. The van der Waals surface area contributed by atoms with Crippen LogP contribution in [0.2, 0.25) is 0 Å².